The molecule has 5 nitrogen and oxygen atoms in total. The Morgan fingerprint density at radius 2 is 2.11 bits per heavy atom. The van der Waals surface area contributed by atoms with Crippen LogP contribution in [-0.2, 0) is 4.79 Å². The van der Waals surface area contributed by atoms with Gasteiger partial charge in [0.1, 0.15) is 6.54 Å². The summed E-state index contributed by atoms with van der Waals surface area (Å²) < 4.78 is 0. The second-order valence-corrected chi connectivity index (χ2v) is 3.90. The Bertz CT molecular complexity index is 652. The summed E-state index contributed by atoms with van der Waals surface area (Å²) >= 11 is 0. The third kappa shape index (κ3) is 1.96. The lowest BCUT2D eigenvalue weighted by atomic mass is 10.1. The molecule has 0 bridgehead atoms. The van der Waals surface area contributed by atoms with Crippen LogP contribution >= 0.6 is 0 Å². The lowest BCUT2D eigenvalue weighted by Crippen LogP contribution is -2.33. The molecule has 0 saturated heterocycles. The number of amides is 1. The first-order chi connectivity index (χ1) is 8.65. The molecular weight excluding hydrogens is 230 g/mol. The number of fused-ring (bicyclic) bond motifs is 1. The number of likely N-dealkylation sites (N-methyl/N-ethyl adjacent to an activating group) is 1. The Labute approximate surface area is 104 Å². The molecule has 0 aliphatic heterocycles. The van der Waals surface area contributed by atoms with E-state index in [2.05, 4.69) is 4.98 Å². The van der Waals surface area contributed by atoms with Gasteiger partial charge in [0.05, 0.1) is 11.6 Å². The number of rotatable bonds is 3. The highest BCUT2D eigenvalue weighted by molar-refractivity contribution is 6.44. The van der Waals surface area contributed by atoms with E-state index in [0.717, 1.165) is 10.4 Å². The molecule has 1 heterocycles. The van der Waals surface area contributed by atoms with Crippen LogP contribution in [0, 0.1) is 11.3 Å². The topological polar surface area (TPSA) is 77.0 Å². The van der Waals surface area contributed by atoms with Crippen molar-refractivity contribution in [2.24, 2.45) is 0 Å². The van der Waals surface area contributed by atoms with Crippen molar-refractivity contribution in [3.8, 4) is 6.07 Å². The van der Waals surface area contributed by atoms with E-state index in [9.17, 15) is 9.59 Å². The summed E-state index contributed by atoms with van der Waals surface area (Å²) in [6.45, 7) is -0.104. The molecule has 0 radical (unpaired) electrons. The number of hydrogen-bond donors (Lipinski definition) is 1. The molecule has 0 spiro atoms. The van der Waals surface area contributed by atoms with Crippen molar-refractivity contribution < 1.29 is 9.59 Å². The number of benzene rings is 1. The minimum Gasteiger partial charge on any atom is -0.360 e. The third-order valence-corrected chi connectivity index (χ3v) is 2.68. The largest absolute Gasteiger partial charge is 0.360 e. The van der Waals surface area contributed by atoms with Gasteiger partial charge in [0, 0.05) is 24.1 Å². The van der Waals surface area contributed by atoms with E-state index in [-0.39, 0.29) is 6.54 Å². The standard InChI is InChI=1S/C13H11N3O2/c1-16(7-6-14)13(18)12(17)10-8-15-11-5-3-2-4-9(10)11/h2-5,8,15H,7H2,1H3. The maximum absolute atomic E-state index is 12.0. The van der Waals surface area contributed by atoms with Crippen molar-refractivity contribution in [2.45, 2.75) is 0 Å². The zero-order valence-electron chi connectivity index (χ0n) is 9.80. The molecule has 1 N–H and O–H groups in total. The van der Waals surface area contributed by atoms with Crippen LogP contribution in [0.5, 0.6) is 0 Å². The van der Waals surface area contributed by atoms with E-state index in [0.29, 0.717) is 10.9 Å². The van der Waals surface area contributed by atoms with E-state index >= 15 is 0 Å². The number of ketones is 1. The van der Waals surface area contributed by atoms with Gasteiger partial charge in [0.25, 0.3) is 11.7 Å². The highest BCUT2D eigenvalue weighted by Gasteiger charge is 2.22. The van der Waals surface area contributed by atoms with E-state index in [1.54, 1.807) is 12.1 Å². The summed E-state index contributed by atoms with van der Waals surface area (Å²) in [4.78, 5) is 27.8. The summed E-state index contributed by atoms with van der Waals surface area (Å²) in [5.41, 5.74) is 1.14. The average molecular weight is 241 g/mol. The van der Waals surface area contributed by atoms with Gasteiger partial charge >= 0.3 is 0 Å². The second kappa shape index (κ2) is 4.72. The van der Waals surface area contributed by atoms with E-state index in [1.165, 1.54) is 13.2 Å². The predicted octanol–water partition coefficient (Wildman–Crippen LogP) is 1.33. The van der Waals surface area contributed by atoms with Gasteiger partial charge in [-0.05, 0) is 6.07 Å². The van der Waals surface area contributed by atoms with Crippen LogP contribution in [0.1, 0.15) is 10.4 Å². The maximum Gasteiger partial charge on any atom is 0.295 e. The van der Waals surface area contributed by atoms with E-state index in [1.807, 2.05) is 18.2 Å². The Hall–Kier alpha value is -2.61. The van der Waals surface area contributed by atoms with Crippen LogP contribution in [-0.4, -0.2) is 35.2 Å². The van der Waals surface area contributed by atoms with Gasteiger partial charge < -0.3 is 9.88 Å². The SMILES string of the molecule is CN(CC#N)C(=O)C(=O)c1c[nH]c2ccccc12. The number of nitrogens with one attached hydrogen (secondary N) is 1. The van der Waals surface area contributed by atoms with E-state index in [4.69, 9.17) is 5.26 Å². The lowest BCUT2D eigenvalue weighted by molar-refractivity contribution is -0.124. The van der Waals surface area contributed by atoms with Crippen molar-refractivity contribution in [3.05, 3.63) is 36.0 Å². The summed E-state index contributed by atoms with van der Waals surface area (Å²) in [5, 5.41) is 9.22. The van der Waals surface area contributed by atoms with Gasteiger partial charge in [-0.25, -0.2) is 0 Å². The van der Waals surface area contributed by atoms with Crippen molar-refractivity contribution >= 4 is 22.6 Å². The number of H-pyrrole nitrogens is 1. The van der Waals surface area contributed by atoms with Gasteiger partial charge in [0.2, 0.25) is 0 Å². The van der Waals surface area contributed by atoms with Gasteiger partial charge in [-0.2, -0.15) is 5.26 Å². The molecule has 18 heavy (non-hydrogen) atoms. The van der Waals surface area contributed by atoms with Crippen molar-refractivity contribution in [2.75, 3.05) is 13.6 Å². The molecule has 0 aliphatic carbocycles. The number of aromatic amines is 1. The van der Waals surface area contributed by atoms with Crippen LogP contribution in [0.25, 0.3) is 10.9 Å². The minimum atomic E-state index is -0.679. The first kappa shape index (κ1) is 11.9. The number of Topliss-reactive ketones (excluding diaryl/α,β-unsaturated/α-hetero) is 1. The highest BCUT2D eigenvalue weighted by Crippen LogP contribution is 2.18. The molecular formula is C13H11N3O2. The summed E-state index contributed by atoms with van der Waals surface area (Å²) in [6.07, 6.45) is 1.52. The van der Waals surface area contributed by atoms with Gasteiger partial charge in [0.15, 0.2) is 0 Å². The Morgan fingerprint density at radius 1 is 1.39 bits per heavy atom. The molecule has 0 aliphatic rings. The van der Waals surface area contributed by atoms with Crippen LogP contribution < -0.4 is 0 Å². The predicted molar refractivity (Wildman–Crippen MR) is 65.9 cm³/mol. The number of nitriles is 1. The van der Waals surface area contributed by atoms with Crippen LogP contribution in [0.2, 0.25) is 0 Å². The molecule has 1 amide bonds. The molecule has 0 unspecified atom stereocenters. The molecule has 0 fully saturated rings. The summed E-state index contributed by atoms with van der Waals surface area (Å²) in [6, 6.07) is 9.08. The number of aromatic nitrogens is 1. The fourth-order valence-corrected chi connectivity index (χ4v) is 1.73. The Morgan fingerprint density at radius 3 is 2.83 bits per heavy atom. The first-order valence-electron chi connectivity index (χ1n) is 5.38. The minimum absolute atomic E-state index is 0.104. The van der Waals surface area contributed by atoms with Crippen molar-refractivity contribution in [1.29, 1.82) is 5.26 Å². The second-order valence-electron chi connectivity index (χ2n) is 3.90. The number of carbonyl (C=O) groups is 2. The fourth-order valence-electron chi connectivity index (χ4n) is 1.73. The zero-order valence-corrected chi connectivity index (χ0v) is 9.80. The third-order valence-electron chi connectivity index (χ3n) is 2.68. The smallest absolute Gasteiger partial charge is 0.295 e. The average Bonchev–Trinajstić information content (AvgIpc) is 2.81. The van der Waals surface area contributed by atoms with Gasteiger partial charge in [-0.1, -0.05) is 18.2 Å². The van der Waals surface area contributed by atoms with Crippen LogP contribution in [0.4, 0.5) is 0 Å². The zero-order chi connectivity index (χ0) is 13.1. The number of nitrogens with zero attached hydrogens (tertiary/aromatic N) is 2. The van der Waals surface area contributed by atoms with Crippen molar-refractivity contribution in [3.63, 3.8) is 0 Å². The molecule has 1 aromatic carbocycles. The Kier molecular flexibility index (Phi) is 3.11. The van der Waals surface area contributed by atoms with Crippen LogP contribution in [0.3, 0.4) is 0 Å². The first-order valence-corrected chi connectivity index (χ1v) is 5.38. The number of carbonyl (C=O) groups excluding carboxylic acids is 2. The van der Waals surface area contributed by atoms with E-state index < -0.39 is 11.7 Å². The van der Waals surface area contributed by atoms with Crippen molar-refractivity contribution in [1.82, 2.24) is 9.88 Å². The lowest BCUT2D eigenvalue weighted by Gasteiger charge is -2.10. The molecule has 2 aromatic rings. The maximum atomic E-state index is 12.0. The summed E-state index contributed by atoms with van der Waals surface area (Å²) in [5.74, 6) is -1.29. The summed E-state index contributed by atoms with van der Waals surface area (Å²) in [7, 11) is 1.43. The quantitative estimate of drug-likeness (QED) is 0.500. The number of hydrogen-bond acceptors (Lipinski definition) is 3. The highest BCUT2D eigenvalue weighted by atomic mass is 16.2. The molecule has 0 atom stereocenters. The Balaban J connectivity index is 2.35. The van der Waals surface area contributed by atoms with Gasteiger partial charge in [-0.15, -0.1) is 0 Å². The molecule has 5 heteroatoms. The molecule has 0 saturated carbocycles. The molecule has 1 aromatic heterocycles. The molecule has 90 valence electrons. The van der Waals surface area contributed by atoms with Crippen LogP contribution in [0.15, 0.2) is 30.5 Å². The fraction of sp³-hybridized carbons (Fsp3) is 0.154. The molecule has 2 rings (SSSR count). The number of para-hydroxylation sites is 1. The normalized spacial score (nSPS) is 10.0. The monoisotopic (exact) mass is 241 g/mol. The van der Waals surface area contributed by atoms with Gasteiger partial charge in [-0.3, -0.25) is 9.59 Å².